The van der Waals surface area contributed by atoms with Crippen molar-refractivity contribution in [1.29, 1.82) is 0 Å². The van der Waals surface area contributed by atoms with Gasteiger partial charge in [0.2, 0.25) is 0 Å². The Bertz CT molecular complexity index is 797. The number of phenolic OH excluding ortho intramolecular Hbond substituents is 1. The smallest absolute Gasteiger partial charge is 0.152 e. The lowest BCUT2D eigenvalue weighted by Gasteiger charge is -2.24. The lowest BCUT2D eigenvalue weighted by molar-refractivity contribution is -0.112. The van der Waals surface area contributed by atoms with E-state index < -0.39 is 6.10 Å². The molecule has 142 valence electrons. The molecular weight excluding hydrogens is 340 g/mol. The molecule has 4 heteroatoms. The molecule has 1 aliphatic carbocycles. The van der Waals surface area contributed by atoms with Crippen LogP contribution in [0.5, 0.6) is 11.5 Å². The van der Waals surface area contributed by atoms with Crippen LogP contribution in [0.3, 0.4) is 0 Å². The monoisotopic (exact) mass is 366 g/mol. The number of rotatable bonds is 6. The van der Waals surface area contributed by atoms with Crippen molar-refractivity contribution >= 4 is 5.78 Å². The van der Waals surface area contributed by atoms with Gasteiger partial charge in [-0.05, 0) is 68.4 Å². The highest BCUT2D eigenvalue weighted by Crippen LogP contribution is 2.36. The Morgan fingerprint density at radius 1 is 1.15 bits per heavy atom. The van der Waals surface area contributed by atoms with Crippen molar-refractivity contribution < 1.29 is 19.7 Å². The van der Waals surface area contributed by atoms with Crippen LogP contribution >= 0.6 is 0 Å². The second kappa shape index (κ2) is 8.87. The predicted molar refractivity (Wildman–Crippen MR) is 105 cm³/mol. The average molecular weight is 366 g/mol. The fourth-order valence-electron chi connectivity index (χ4n) is 3.62. The summed E-state index contributed by atoms with van der Waals surface area (Å²) in [4.78, 5) is 11.2. The van der Waals surface area contributed by atoms with Gasteiger partial charge in [0, 0.05) is 5.56 Å². The number of allylic oxidation sites excluding steroid dienone is 2. The van der Waals surface area contributed by atoms with Gasteiger partial charge in [-0.2, -0.15) is 0 Å². The number of para-hydroxylation sites is 1. The van der Waals surface area contributed by atoms with Crippen LogP contribution in [-0.2, 0) is 4.79 Å². The van der Waals surface area contributed by atoms with Gasteiger partial charge < -0.3 is 14.9 Å². The van der Waals surface area contributed by atoms with Crippen molar-refractivity contribution in [1.82, 2.24) is 0 Å². The van der Waals surface area contributed by atoms with Gasteiger partial charge in [0.05, 0.1) is 0 Å². The number of carbonyl (C=O) groups excluding carboxylic acids is 1. The van der Waals surface area contributed by atoms with Crippen molar-refractivity contribution in [2.24, 2.45) is 0 Å². The number of ketones is 1. The molecule has 1 atom stereocenters. The third-order valence-electron chi connectivity index (χ3n) is 5.09. The Hall–Kier alpha value is -2.59. The highest BCUT2D eigenvalue weighted by molar-refractivity contribution is 5.87. The van der Waals surface area contributed by atoms with E-state index in [0.29, 0.717) is 17.2 Å². The minimum Gasteiger partial charge on any atom is -0.508 e. The van der Waals surface area contributed by atoms with Gasteiger partial charge >= 0.3 is 0 Å². The lowest BCUT2D eigenvalue weighted by atomic mass is 9.81. The van der Waals surface area contributed by atoms with E-state index in [0.717, 1.165) is 25.7 Å². The van der Waals surface area contributed by atoms with Crippen LogP contribution in [0.2, 0.25) is 0 Å². The molecule has 2 aromatic carbocycles. The molecule has 1 aliphatic rings. The van der Waals surface area contributed by atoms with Gasteiger partial charge in [-0.25, -0.2) is 0 Å². The summed E-state index contributed by atoms with van der Waals surface area (Å²) in [5, 5.41) is 20.0. The molecule has 0 spiro atoms. The maximum atomic E-state index is 11.2. The van der Waals surface area contributed by atoms with Crippen molar-refractivity contribution in [2.75, 3.05) is 6.61 Å². The first-order chi connectivity index (χ1) is 13.0. The molecular formula is C23H26O4. The summed E-state index contributed by atoms with van der Waals surface area (Å²) in [7, 11) is 0. The predicted octanol–water partition coefficient (Wildman–Crippen LogP) is 4.68. The molecule has 0 bridgehead atoms. The summed E-state index contributed by atoms with van der Waals surface area (Å²) >= 11 is 0. The molecule has 1 unspecified atom stereocenters. The van der Waals surface area contributed by atoms with Crippen LogP contribution in [0.25, 0.3) is 0 Å². The number of hydrogen-bond donors (Lipinski definition) is 2. The van der Waals surface area contributed by atoms with Crippen molar-refractivity contribution in [3.63, 3.8) is 0 Å². The minimum atomic E-state index is -0.879. The largest absolute Gasteiger partial charge is 0.508 e. The third-order valence-corrected chi connectivity index (χ3v) is 5.09. The fourth-order valence-corrected chi connectivity index (χ4v) is 3.62. The summed E-state index contributed by atoms with van der Waals surface area (Å²) in [5.74, 6) is 1.41. The number of phenols is 1. The van der Waals surface area contributed by atoms with Crippen LogP contribution in [0.15, 0.2) is 60.2 Å². The van der Waals surface area contributed by atoms with E-state index in [1.54, 1.807) is 37.3 Å². The van der Waals surface area contributed by atoms with E-state index in [1.165, 1.54) is 11.1 Å². The van der Waals surface area contributed by atoms with Gasteiger partial charge in [-0.3, -0.25) is 4.79 Å². The molecule has 0 amide bonds. The standard InChI is InChI=1S/C23H26O4/c1-16(24)14-17-6-8-18(9-7-17)19-10-12-20(13-11-19)27-15-23(26)21-4-2-3-5-22(21)25/h2-5,10-14,18,23,25-26H,6-9,15H2,1H3. The highest BCUT2D eigenvalue weighted by Gasteiger charge is 2.19. The Morgan fingerprint density at radius 3 is 2.44 bits per heavy atom. The Balaban J connectivity index is 1.54. The number of benzene rings is 2. The maximum Gasteiger partial charge on any atom is 0.152 e. The third kappa shape index (κ3) is 5.20. The molecule has 0 aromatic heterocycles. The van der Waals surface area contributed by atoms with E-state index in [-0.39, 0.29) is 18.1 Å². The van der Waals surface area contributed by atoms with Gasteiger partial charge in [-0.15, -0.1) is 0 Å². The first kappa shape index (κ1) is 19.2. The highest BCUT2D eigenvalue weighted by atomic mass is 16.5. The Morgan fingerprint density at radius 2 is 1.81 bits per heavy atom. The number of hydrogen-bond acceptors (Lipinski definition) is 4. The Labute approximate surface area is 160 Å². The van der Waals surface area contributed by atoms with E-state index in [1.807, 2.05) is 12.1 Å². The molecule has 4 nitrogen and oxygen atoms in total. The van der Waals surface area contributed by atoms with Gasteiger partial charge in [0.1, 0.15) is 24.2 Å². The van der Waals surface area contributed by atoms with E-state index >= 15 is 0 Å². The maximum absolute atomic E-state index is 11.2. The number of aromatic hydroxyl groups is 1. The van der Waals surface area contributed by atoms with Crippen LogP contribution in [-0.4, -0.2) is 22.6 Å². The summed E-state index contributed by atoms with van der Waals surface area (Å²) in [5.41, 5.74) is 3.01. The van der Waals surface area contributed by atoms with E-state index in [2.05, 4.69) is 12.1 Å². The van der Waals surface area contributed by atoms with Gasteiger partial charge in [0.15, 0.2) is 5.78 Å². The molecule has 3 rings (SSSR count). The molecule has 2 aromatic rings. The molecule has 0 aliphatic heterocycles. The number of carbonyl (C=O) groups is 1. The second-order valence-corrected chi connectivity index (χ2v) is 7.14. The first-order valence-electron chi connectivity index (χ1n) is 9.41. The lowest BCUT2D eigenvalue weighted by Crippen LogP contribution is -2.10. The first-order valence-corrected chi connectivity index (χ1v) is 9.41. The molecule has 1 saturated carbocycles. The van der Waals surface area contributed by atoms with E-state index in [4.69, 9.17) is 4.74 Å². The van der Waals surface area contributed by atoms with Crippen molar-refractivity contribution in [2.45, 2.75) is 44.6 Å². The molecule has 0 saturated heterocycles. The van der Waals surface area contributed by atoms with Crippen LogP contribution in [0.1, 0.15) is 55.8 Å². The normalized spacial score (nSPS) is 18.0. The summed E-state index contributed by atoms with van der Waals surface area (Å²) in [6, 6.07) is 14.7. The summed E-state index contributed by atoms with van der Waals surface area (Å²) in [6.45, 7) is 1.69. The minimum absolute atomic E-state index is 0.0689. The zero-order chi connectivity index (χ0) is 19.2. The topological polar surface area (TPSA) is 66.8 Å². The van der Waals surface area contributed by atoms with Crippen LogP contribution in [0, 0.1) is 0 Å². The Kier molecular flexibility index (Phi) is 6.30. The van der Waals surface area contributed by atoms with Crippen molar-refractivity contribution in [3.05, 3.63) is 71.3 Å². The molecule has 27 heavy (non-hydrogen) atoms. The second-order valence-electron chi connectivity index (χ2n) is 7.14. The average Bonchev–Trinajstić information content (AvgIpc) is 2.67. The molecule has 0 radical (unpaired) electrons. The van der Waals surface area contributed by atoms with Gasteiger partial charge in [-0.1, -0.05) is 35.9 Å². The number of aliphatic hydroxyl groups is 1. The molecule has 2 N–H and O–H groups in total. The SMILES string of the molecule is CC(=O)C=C1CCC(c2ccc(OCC(O)c3ccccc3O)cc2)CC1. The summed E-state index contributed by atoms with van der Waals surface area (Å²) < 4.78 is 5.67. The number of aliphatic hydroxyl groups excluding tert-OH is 1. The molecule has 1 fully saturated rings. The van der Waals surface area contributed by atoms with Crippen LogP contribution < -0.4 is 4.74 Å². The number of ether oxygens (including phenoxy) is 1. The van der Waals surface area contributed by atoms with Crippen LogP contribution in [0.4, 0.5) is 0 Å². The quantitative estimate of drug-likeness (QED) is 0.729. The zero-order valence-corrected chi connectivity index (χ0v) is 15.6. The zero-order valence-electron chi connectivity index (χ0n) is 15.6. The van der Waals surface area contributed by atoms with Gasteiger partial charge in [0.25, 0.3) is 0 Å². The fraction of sp³-hybridized carbons (Fsp3) is 0.348. The summed E-state index contributed by atoms with van der Waals surface area (Å²) in [6.07, 6.45) is 4.99. The molecule has 0 heterocycles. The van der Waals surface area contributed by atoms with Crippen molar-refractivity contribution in [3.8, 4) is 11.5 Å². The van der Waals surface area contributed by atoms with E-state index in [9.17, 15) is 15.0 Å².